The van der Waals surface area contributed by atoms with Gasteiger partial charge < -0.3 is 9.47 Å². The number of benzene rings is 1. The lowest BCUT2D eigenvalue weighted by molar-refractivity contribution is -0.0230. The van der Waals surface area contributed by atoms with E-state index in [1.807, 2.05) is 41.9 Å². The molecule has 3 heterocycles. The average Bonchev–Trinajstić information content (AvgIpc) is 2.99. The predicted octanol–water partition coefficient (Wildman–Crippen LogP) is 4.75. The number of hydrogen-bond acceptors (Lipinski definition) is 4. The van der Waals surface area contributed by atoms with Crippen LogP contribution in [-0.2, 0) is 16.5 Å². The summed E-state index contributed by atoms with van der Waals surface area (Å²) in [5, 5.41) is 0.951. The predicted molar refractivity (Wildman–Crippen MR) is 125 cm³/mol. The Bertz CT molecular complexity index is 1240. The SMILES string of the molecule is C=C/C(=C\C=C(/C)OCCCC)c1ccc2ncc3c(c2c1)n(C1COC1)c(=O)n3C. The van der Waals surface area contributed by atoms with Gasteiger partial charge in [-0.3, -0.25) is 14.1 Å². The highest BCUT2D eigenvalue weighted by Crippen LogP contribution is 2.30. The van der Waals surface area contributed by atoms with Crippen molar-refractivity contribution in [3.05, 3.63) is 71.0 Å². The molecule has 0 spiro atoms. The standard InChI is InChI=1S/C25H29N3O3/c1-5-7-12-31-17(3)8-9-18(6-2)19-10-11-22-21(13-19)24-23(14-26-22)27(4)25(29)28(24)20-15-30-16-20/h6,8-11,13-14,20H,2,5,7,12,15-16H2,1,3-4H3/b17-8+,18-9+. The third-order valence-electron chi connectivity index (χ3n) is 5.78. The molecular formula is C25H29N3O3. The van der Waals surface area contributed by atoms with Gasteiger partial charge in [-0.1, -0.05) is 38.1 Å². The Morgan fingerprint density at radius 1 is 1.35 bits per heavy atom. The van der Waals surface area contributed by atoms with E-state index in [2.05, 4.69) is 24.6 Å². The fourth-order valence-electron chi connectivity index (χ4n) is 3.83. The molecule has 0 unspecified atom stereocenters. The second kappa shape index (κ2) is 8.94. The van der Waals surface area contributed by atoms with Gasteiger partial charge in [0.1, 0.15) is 0 Å². The highest BCUT2D eigenvalue weighted by atomic mass is 16.5. The maximum Gasteiger partial charge on any atom is 0.329 e. The van der Waals surface area contributed by atoms with E-state index in [9.17, 15) is 4.79 Å². The van der Waals surface area contributed by atoms with Gasteiger partial charge in [-0.2, -0.15) is 0 Å². The van der Waals surface area contributed by atoms with Gasteiger partial charge in [0.15, 0.2) is 0 Å². The van der Waals surface area contributed by atoms with Crippen molar-refractivity contribution in [3.8, 4) is 0 Å². The number of rotatable bonds is 8. The number of aryl methyl sites for hydroxylation is 1. The second-order valence-corrected chi connectivity index (χ2v) is 7.93. The van der Waals surface area contributed by atoms with Crippen LogP contribution >= 0.6 is 0 Å². The van der Waals surface area contributed by atoms with Crippen LogP contribution in [-0.4, -0.2) is 33.9 Å². The van der Waals surface area contributed by atoms with Gasteiger partial charge in [-0.05, 0) is 42.7 Å². The van der Waals surface area contributed by atoms with E-state index < -0.39 is 0 Å². The maximum absolute atomic E-state index is 12.9. The molecule has 31 heavy (non-hydrogen) atoms. The zero-order valence-electron chi connectivity index (χ0n) is 18.4. The molecule has 1 saturated heterocycles. The first-order valence-electron chi connectivity index (χ1n) is 10.8. The van der Waals surface area contributed by atoms with Gasteiger partial charge in [-0.25, -0.2) is 4.79 Å². The van der Waals surface area contributed by atoms with Crippen LogP contribution in [0.25, 0.3) is 27.5 Å². The zero-order chi connectivity index (χ0) is 22.0. The van der Waals surface area contributed by atoms with Crippen molar-refractivity contribution in [2.75, 3.05) is 19.8 Å². The van der Waals surface area contributed by atoms with Crippen LogP contribution in [0.5, 0.6) is 0 Å². The number of unbranched alkanes of at least 4 members (excludes halogenated alkanes) is 1. The molecule has 6 heteroatoms. The number of allylic oxidation sites excluding steroid dienone is 5. The Hall–Kier alpha value is -3.12. The molecule has 1 aliphatic rings. The molecule has 1 aromatic carbocycles. The lowest BCUT2D eigenvalue weighted by atomic mass is 10.0. The van der Waals surface area contributed by atoms with E-state index in [-0.39, 0.29) is 11.7 Å². The zero-order valence-corrected chi connectivity index (χ0v) is 18.4. The molecule has 0 radical (unpaired) electrons. The first-order valence-corrected chi connectivity index (χ1v) is 10.8. The smallest absolute Gasteiger partial charge is 0.329 e. The van der Waals surface area contributed by atoms with E-state index in [1.54, 1.807) is 17.8 Å². The summed E-state index contributed by atoms with van der Waals surface area (Å²) in [5.41, 5.74) is 4.55. The molecule has 0 saturated carbocycles. The molecule has 162 valence electrons. The molecule has 0 aliphatic carbocycles. The topological polar surface area (TPSA) is 58.3 Å². The number of nitrogens with zero attached hydrogens (tertiary/aromatic N) is 3. The number of pyridine rings is 1. The minimum Gasteiger partial charge on any atom is -0.498 e. The van der Waals surface area contributed by atoms with Gasteiger partial charge in [-0.15, -0.1) is 0 Å². The highest BCUT2D eigenvalue weighted by Gasteiger charge is 2.27. The van der Waals surface area contributed by atoms with E-state index in [0.717, 1.165) is 58.3 Å². The first kappa shape index (κ1) is 21.1. The van der Waals surface area contributed by atoms with Crippen LogP contribution in [0.4, 0.5) is 0 Å². The quantitative estimate of drug-likeness (QED) is 0.300. The third-order valence-corrected chi connectivity index (χ3v) is 5.78. The average molecular weight is 420 g/mol. The molecule has 0 bridgehead atoms. The largest absolute Gasteiger partial charge is 0.498 e. The molecule has 0 atom stereocenters. The van der Waals surface area contributed by atoms with Gasteiger partial charge in [0.05, 0.1) is 54.4 Å². The minimum atomic E-state index is -0.0368. The molecule has 2 aromatic heterocycles. The number of hydrogen-bond donors (Lipinski definition) is 0. The molecule has 4 rings (SSSR count). The molecule has 0 amide bonds. The monoisotopic (exact) mass is 419 g/mol. The number of imidazole rings is 1. The Labute approximate surface area is 182 Å². The molecule has 1 fully saturated rings. The van der Waals surface area contributed by atoms with E-state index in [4.69, 9.17) is 9.47 Å². The summed E-state index contributed by atoms with van der Waals surface area (Å²) in [6.45, 7) is 9.94. The lowest BCUT2D eigenvalue weighted by Crippen LogP contribution is -2.37. The fourth-order valence-corrected chi connectivity index (χ4v) is 3.83. The summed E-state index contributed by atoms with van der Waals surface area (Å²) in [6, 6.07) is 6.18. The molecule has 6 nitrogen and oxygen atoms in total. The molecule has 1 aliphatic heterocycles. The third kappa shape index (κ3) is 3.95. The van der Waals surface area contributed by atoms with Crippen molar-refractivity contribution in [2.24, 2.45) is 7.05 Å². The fraction of sp³-hybridized carbons (Fsp3) is 0.360. The normalized spacial score (nSPS) is 15.5. The minimum absolute atomic E-state index is 0.0368. The highest BCUT2D eigenvalue weighted by molar-refractivity contribution is 6.03. The summed E-state index contributed by atoms with van der Waals surface area (Å²) < 4.78 is 14.6. The van der Waals surface area contributed by atoms with Gasteiger partial charge in [0.25, 0.3) is 0 Å². The molecule has 3 aromatic rings. The Morgan fingerprint density at radius 2 is 2.16 bits per heavy atom. The van der Waals surface area contributed by atoms with Crippen LogP contribution in [0.15, 0.2) is 59.8 Å². The maximum atomic E-state index is 12.9. The van der Waals surface area contributed by atoms with Crippen molar-refractivity contribution >= 4 is 27.5 Å². The van der Waals surface area contributed by atoms with E-state index >= 15 is 0 Å². The van der Waals surface area contributed by atoms with E-state index in [0.29, 0.717) is 13.2 Å². The molecular weight excluding hydrogens is 390 g/mol. The summed E-state index contributed by atoms with van der Waals surface area (Å²) in [7, 11) is 1.79. The Balaban J connectivity index is 1.81. The van der Waals surface area contributed by atoms with Crippen molar-refractivity contribution in [3.63, 3.8) is 0 Å². The Kier molecular flexibility index (Phi) is 6.09. The second-order valence-electron chi connectivity index (χ2n) is 7.93. The van der Waals surface area contributed by atoms with Gasteiger partial charge in [0.2, 0.25) is 0 Å². The van der Waals surface area contributed by atoms with Crippen LogP contribution in [0.3, 0.4) is 0 Å². The van der Waals surface area contributed by atoms with Crippen LogP contribution in [0.2, 0.25) is 0 Å². The van der Waals surface area contributed by atoms with Crippen LogP contribution in [0, 0.1) is 0 Å². The van der Waals surface area contributed by atoms with Crippen molar-refractivity contribution in [1.29, 1.82) is 0 Å². The summed E-state index contributed by atoms with van der Waals surface area (Å²) in [5.74, 6) is 0.875. The van der Waals surface area contributed by atoms with Crippen molar-refractivity contribution in [1.82, 2.24) is 14.1 Å². The number of aromatic nitrogens is 3. The number of ether oxygens (including phenoxy) is 2. The summed E-state index contributed by atoms with van der Waals surface area (Å²) in [6.07, 6.45) is 9.75. The first-order chi connectivity index (χ1) is 15.0. The van der Waals surface area contributed by atoms with Crippen molar-refractivity contribution in [2.45, 2.75) is 32.7 Å². The van der Waals surface area contributed by atoms with Crippen LogP contribution in [0.1, 0.15) is 38.3 Å². The van der Waals surface area contributed by atoms with E-state index in [1.165, 1.54) is 0 Å². The van der Waals surface area contributed by atoms with Crippen LogP contribution < -0.4 is 5.69 Å². The van der Waals surface area contributed by atoms with Gasteiger partial charge in [0, 0.05) is 12.4 Å². The van der Waals surface area contributed by atoms with Gasteiger partial charge >= 0.3 is 5.69 Å². The summed E-state index contributed by atoms with van der Waals surface area (Å²) in [4.78, 5) is 17.5. The molecule has 0 N–H and O–H groups in total. The van der Waals surface area contributed by atoms with Crippen molar-refractivity contribution < 1.29 is 9.47 Å². The lowest BCUT2D eigenvalue weighted by Gasteiger charge is -2.27. The summed E-state index contributed by atoms with van der Waals surface area (Å²) >= 11 is 0. The number of fused-ring (bicyclic) bond motifs is 3. The Morgan fingerprint density at radius 3 is 2.84 bits per heavy atom.